The fourth-order valence-corrected chi connectivity index (χ4v) is 1.68. The molecule has 0 bridgehead atoms. The monoisotopic (exact) mass is 284 g/mol. The Morgan fingerprint density at radius 2 is 2.19 bits per heavy atom. The minimum absolute atomic E-state index is 0.0643. The maximum atomic E-state index is 7.31. The van der Waals surface area contributed by atoms with Gasteiger partial charge in [0.1, 0.15) is 11.6 Å². The second-order valence-corrected chi connectivity index (χ2v) is 4.94. The molecule has 0 amide bonds. The van der Waals surface area contributed by atoms with E-state index in [1.165, 1.54) is 0 Å². The smallest absolute Gasteiger partial charge is 0.133 e. The van der Waals surface area contributed by atoms with Crippen molar-refractivity contribution < 1.29 is 4.74 Å². The molecule has 4 heteroatoms. The number of hydrogen-bond acceptors (Lipinski definition) is 2. The van der Waals surface area contributed by atoms with Crippen LogP contribution in [0.1, 0.15) is 25.8 Å². The van der Waals surface area contributed by atoms with Gasteiger partial charge in [0.2, 0.25) is 0 Å². The van der Waals surface area contributed by atoms with Gasteiger partial charge < -0.3 is 10.5 Å². The number of rotatable bonds is 5. The predicted molar refractivity (Wildman–Crippen MR) is 70.1 cm³/mol. The van der Waals surface area contributed by atoms with E-state index in [9.17, 15) is 0 Å². The van der Waals surface area contributed by atoms with Crippen molar-refractivity contribution in [2.75, 3.05) is 6.61 Å². The lowest BCUT2D eigenvalue weighted by atomic mass is 10.1. The van der Waals surface area contributed by atoms with Gasteiger partial charge in [-0.3, -0.25) is 5.41 Å². The van der Waals surface area contributed by atoms with Gasteiger partial charge in [0.15, 0.2) is 0 Å². The molecule has 0 radical (unpaired) electrons. The quantitative estimate of drug-likeness (QED) is 0.645. The zero-order valence-corrected chi connectivity index (χ0v) is 11.2. The predicted octanol–water partition coefficient (Wildman–Crippen LogP) is 3.16. The summed E-state index contributed by atoms with van der Waals surface area (Å²) in [5.41, 5.74) is 6.09. The second kappa shape index (κ2) is 5.89. The summed E-state index contributed by atoms with van der Waals surface area (Å²) in [5, 5.41) is 7.31. The molecule has 88 valence electrons. The molecule has 0 spiro atoms. The molecule has 3 nitrogen and oxygen atoms in total. The third kappa shape index (κ3) is 3.85. The van der Waals surface area contributed by atoms with E-state index in [0.29, 0.717) is 18.1 Å². The normalized spacial score (nSPS) is 10.5. The van der Waals surface area contributed by atoms with Crippen LogP contribution < -0.4 is 10.5 Å². The summed E-state index contributed by atoms with van der Waals surface area (Å²) in [6, 6.07) is 5.42. The van der Waals surface area contributed by atoms with E-state index in [1.54, 1.807) is 12.1 Å². The zero-order valence-electron chi connectivity index (χ0n) is 9.59. The Labute approximate surface area is 105 Å². The maximum Gasteiger partial charge on any atom is 0.133 e. The lowest BCUT2D eigenvalue weighted by molar-refractivity contribution is 0.288. The summed E-state index contributed by atoms with van der Waals surface area (Å²) in [6.07, 6.45) is 1.03. The molecule has 0 aliphatic carbocycles. The second-order valence-electron chi connectivity index (χ2n) is 4.09. The molecular weight excluding hydrogens is 268 g/mol. The van der Waals surface area contributed by atoms with Crippen molar-refractivity contribution >= 4 is 21.8 Å². The van der Waals surface area contributed by atoms with Crippen LogP contribution in [0.3, 0.4) is 0 Å². The summed E-state index contributed by atoms with van der Waals surface area (Å²) in [6.45, 7) is 5.03. The molecule has 0 heterocycles. The van der Waals surface area contributed by atoms with E-state index in [2.05, 4.69) is 29.8 Å². The standard InChI is InChI=1S/C12H17BrN2O/c1-8(2)5-6-16-11-4-3-9(12(14)15)7-10(11)13/h3-4,7-8H,5-6H2,1-2H3,(H3,14,15). The van der Waals surface area contributed by atoms with Gasteiger partial charge in [-0.25, -0.2) is 0 Å². The first-order valence-electron chi connectivity index (χ1n) is 5.27. The van der Waals surface area contributed by atoms with Crippen molar-refractivity contribution in [1.29, 1.82) is 5.41 Å². The number of benzene rings is 1. The molecule has 16 heavy (non-hydrogen) atoms. The number of ether oxygens (including phenoxy) is 1. The zero-order chi connectivity index (χ0) is 12.1. The molecule has 3 N–H and O–H groups in total. The van der Waals surface area contributed by atoms with Crippen molar-refractivity contribution in [3.05, 3.63) is 28.2 Å². The van der Waals surface area contributed by atoms with Gasteiger partial charge in [-0.1, -0.05) is 13.8 Å². The summed E-state index contributed by atoms with van der Waals surface area (Å²) in [5.74, 6) is 1.50. The van der Waals surface area contributed by atoms with Crippen molar-refractivity contribution in [3.8, 4) is 5.75 Å². The fraction of sp³-hybridized carbons (Fsp3) is 0.417. The SMILES string of the molecule is CC(C)CCOc1ccc(C(=N)N)cc1Br. The molecule has 0 aliphatic heterocycles. The number of amidine groups is 1. The van der Waals surface area contributed by atoms with Gasteiger partial charge in [0.05, 0.1) is 11.1 Å². The van der Waals surface area contributed by atoms with E-state index in [1.807, 2.05) is 6.07 Å². The van der Waals surface area contributed by atoms with Crippen LogP contribution in [0.25, 0.3) is 0 Å². The minimum atomic E-state index is 0.0643. The molecule has 0 saturated carbocycles. The van der Waals surface area contributed by atoms with Crippen LogP contribution in [0.4, 0.5) is 0 Å². The summed E-state index contributed by atoms with van der Waals surface area (Å²) >= 11 is 3.41. The highest BCUT2D eigenvalue weighted by atomic mass is 79.9. The van der Waals surface area contributed by atoms with E-state index >= 15 is 0 Å². The Morgan fingerprint density at radius 1 is 1.50 bits per heavy atom. The number of nitrogen functional groups attached to an aromatic ring is 1. The molecule has 0 fully saturated rings. The van der Waals surface area contributed by atoms with E-state index in [4.69, 9.17) is 15.9 Å². The molecule has 1 aromatic carbocycles. The van der Waals surface area contributed by atoms with Crippen molar-refractivity contribution in [3.63, 3.8) is 0 Å². The van der Waals surface area contributed by atoms with E-state index in [-0.39, 0.29) is 5.84 Å². The van der Waals surface area contributed by atoms with Crippen molar-refractivity contribution in [2.24, 2.45) is 11.7 Å². The topological polar surface area (TPSA) is 59.1 Å². The Bertz CT molecular complexity index is 377. The Morgan fingerprint density at radius 3 is 2.69 bits per heavy atom. The lowest BCUT2D eigenvalue weighted by Crippen LogP contribution is -2.11. The van der Waals surface area contributed by atoms with Gasteiger partial charge in [-0.15, -0.1) is 0 Å². The summed E-state index contributed by atoms with van der Waals surface area (Å²) in [7, 11) is 0. The van der Waals surface area contributed by atoms with E-state index < -0.39 is 0 Å². The summed E-state index contributed by atoms with van der Waals surface area (Å²) in [4.78, 5) is 0. The molecular formula is C12H17BrN2O. The first kappa shape index (κ1) is 13.0. The Hall–Kier alpha value is -1.03. The molecule has 1 aromatic rings. The lowest BCUT2D eigenvalue weighted by Gasteiger charge is -2.10. The number of nitrogens with one attached hydrogen (secondary N) is 1. The number of hydrogen-bond donors (Lipinski definition) is 2. The van der Waals surface area contributed by atoms with Crippen molar-refractivity contribution in [2.45, 2.75) is 20.3 Å². The van der Waals surface area contributed by atoms with Crippen LogP contribution in [0.5, 0.6) is 5.75 Å². The molecule has 0 atom stereocenters. The van der Waals surface area contributed by atoms with Crippen molar-refractivity contribution in [1.82, 2.24) is 0 Å². The Kier molecular flexibility index (Phi) is 4.80. The van der Waals surface area contributed by atoms with Crippen LogP contribution in [0, 0.1) is 11.3 Å². The summed E-state index contributed by atoms with van der Waals surface area (Å²) < 4.78 is 6.46. The van der Waals surface area contributed by atoms with Gasteiger partial charge in [-0.2, -0.15) is 0 Å². The molecule has 0 saturated heterocycles. The average Bonchev–Trinajstić information content (AvgIpc) is 2.19. The highest BCUT2D eigenvalue weighted by Gasteiger charge is 2.04. The molecule has 0 unspecified atom stereocenters. The largest absolute Gasteiger partial charge is 0.492 e. The number of nitrogens with two attached hydrogens (primary N) is 1. The molecule has 0 aliphatic rings. The van der Waals surface area contributed by atoms with Gasteiger partial charge in [0.25, 0.3) is 0 Å². The highest BCUT2D eigenvalue weighted by Crippen LogP contribution is 2.26. The van der Waals surface area contributed by atoms with Crippen LogP contribution in [0.15, 0.2) is 22.7 Å². The average molecular weight is 285 g/mol. The van der Waals surface area contributed by atoms with Crippen LogP contribution in [-0.4, -0.2) is 12.4 Å². The first-order valence-corrected chi connectivity index (χ1v) is 6.06. The van der Waals surface area contributed by atoms with Crippen LogP contribution in [-0.2, 0) is 0 Å². The van der Waals surface area contributed by atoms with Gasteiger partial charge in [-0.05, 0) is 46.5 Å². The van der Waals surface area contributed by atoms with Gasteiger partial charge >= 0.3 is 0 Å². The first-order chi connectivity index (χ1) is 7.50. The Balaban J connectivity index is 2.64. The van der Waals surface area contributed by atoms with Crippen LogP contribution in [0.2, 0.25) is 0 Å². The highest BCUT2D eigenvalue weighted by molar-refractivity contribution is 9.10. The van der Waals surface area contributed by atoms with Gasteiger partial charge in [0, 0.05) is 5.56 Å². The maximum absolute atomic E-state index is 7.31. The number of halogens is 1. The van der Waals surface area contributed by atoms with E-state index in [0.717, 1.165) is 16.6 Å². The van der Waals surface area contributed by atoms with Crippen LogP contribution >= 0.6 is 15.9 Å². The minimum Gasteiger partial charge on any atom is -0.492 e. The third-order valence-electron chi connectivity index (χ3n) is 2.20. The fourth-order valence-electron chi connectivity index (χ4n) is 1.19. The third-order valence-corrected chi connectivity index (χ3v) is 2.82. The molecule has 0 aromatic heterocycles. The molecule has 1 rings (SSSR count).